The molecule has 0 aliphatic carbocycles. The molecule has 2 aliphatic rings. The molecule has 2 saturated heterocycles. The van der Waals surface area contributed by atoms with Crippen LogP contribution in [0.25, 0.3) is 0 Å². The highest BCUT2D eigenvalue weighted by molar-refractivity contribution is 6.17. The van der Waals surface area contributed by atoms with E-state index in [1.54, 1.807) is 48.8 Å². The predicted molar refractivity (Wildman–Crippen MR) is 150 cm³/mol. The van der Waals surface area contributed by atoms with Gasteiger partial charge in [-0.25, -0.2) is 9.97 Å². The Kier molecular flexibility index (Phi) is 7.30. The van der Waals surface area contributed by atoms with E-state index in [9.17, 15) is 9.59 Å². The van der Waals surface area contributed by atoms with E-state index in [1.807, 2.05) is 24.8 Å². The fourth-order valence-corrected chi connectivity index (χ4v) is 5.00. The number of pyridine rings is 2. The molecule has 5 N–H and O–H groups in total. The van der Waals surface area contributed by atoms with E-state index in [-0.39, 0.29) is 29.4 Å². The normalized spacial score (nSPS) is 18.1. The summed E-state index contributed by atoms with van der Waals surface area (Å²) in [5, 5.41) is 15.2. The second-order valence-electron chi connectivity index (χ2n) is 10.5. The Hall–Kier alpha value is -4.31. The quantitative estimate of drug-likeness (QED) is 0.344. The van der Waals surface area contributed by atoms with Crippen LogP contribution in [0.5, 0.6) is 0 Å². The SMILES string of the molecule is Cc1ccnc(NC(=O)c2ccc(C(=N)c3c(N[C@@H]4CCCN(C(=O)C5(C)COC5)C4)ccnc3N)cc2)c1. The highest BCUT2D eigenvalue weighted by Gasteiger charge is 2.44. The topological polar surface area (TPSA) is 146 Å². The van der Waals surface area contributed by atoms with Gasteiger partial charge in [-0.2, -0.15) is 0 Å². The Morgan fingerprint density at radius 2 is 1.82 bits per heavy atom. The first-order valence-corrected chi connectivity index (χ1v) is 13.0. The van der Waals surface area contributed by atoms with Crippen molar-refractivity contribution in [3.8, 4) is 0 Å². The van der Waals surface area contributed by atoms with Crippen molar-refractivity contribution >= 4 is 34.8 Å². The lowest BCUT2D eigenvalue weighted by atomic mass is 9.86. The van der Waals surface area contributed by atoms with Crippen LogP contribution in [0.3, 0.4) is 0 Å². The average Bonchev–Trinajstić information content (AvgIpc) is 2.91. The predicted octanol–water partition coefficient (Wildman–Crippen LogP) is 3.48. The highest BCUT2D eigenvalue weighted by atomic mass is 16.5. The maximum absolute atomic E-state index is 13.0. The fourth-order valence-electron chi connectivity index (χ4n) is 5.00. The molecule has 5 rings (SSSR count). The van der Waals surface area contributed by atoms with Crippen molar-refractivity contribution < 1.29 is 14.3 Å². The number of carbonyl (C=O) groups is 2. The number of ether oxygens (including phenoxy) is 1. The summed E-state index contributed by atoms with van der Waals surface area (Å²) >= 11 is 0. The standard InChI is InChI=1S/C29H33N7O3/c1-18-9-11-32-23(14-18)35-27(37)20-7-5-19(6-8-20)25(30)24-22(10-12-33-26(24)31)34-21-4-3-13-36(15-21)28(38)29(2)16-39-17-29/h5-12,14,21,30H,3-4,13,15-17H2,1-2H3,(H3,31,33,34)(H,32,35,37)/t21-/m1/s1. The van der Waals surface area contributed by atoms with Gasteiger partial charge in [0.2, 0.25) is 5.91 Å². The van der Waals surface area contributed by atoms with Gasteiger partial charge in [-0.05, 0) is 62.6 Å². The van der Waals surface area contributed by atoms with E-state index in [4.69, 9.17) is 15.9 Å². The van der Waals surface area contributed by atoms with Gasteiger partial charge in [0.05, 0.1) is 29.9 Å². The first-order chi connectivity index (χ1) is 18.7. The Balaban J connectivity index is 1.29. The van der Waals surface area contributed by atoms with Crippen LogP contribution in [0.4, 0.5) is 17.3 Å². The minimum atomic E-state index is -0.435. The number of anilines is 3. The minimum absolute atomic E-state index is 0.0157. The molecule has 0 spiro atoms. The smallest absolute Gasteiger partial charge is 0.256 e. The number of benzene rings is 1. The van der Waals surface area contributed by atoms with Crippen molar-refractivity contribution in [1.29, 1.82) is 5.41 Å². The lowest BCUT2D eigenvalue weighted by molar-refractivity contribution is -0.169. The molecule has 2 aromatic heterocycles. The monoisotopic (exact) mass is 527 g/mol. The second-order valence-corrected chi connectivity index (χ2v) is 10.5. The number of hydrogen-bond acceptors (Lipinski definition) is 8. The molecule has 0 saturated carbocycles. The maximum Gasteiger partial charge on any atom is 0.256 e. The summed E-state index contributed by atoms with van der Waals surface area (Å²) in [6, 6.07) is 12.3. The summed E-state index contributed by atoms with van der Waals surface area (Å²) in [6.45, 7) is 6.11. The van der Waals surface area contributed by atoms with Gasteiger partial charge in [-0.3, -0.25) is 15.0 Å². The first-order valence-electron chi connectivity index (χ1n) is 13.0. The summed E-state index contributed by atoms with van der Waals surface area (Å²) in [5.41, 5.74) is 9.24. The van der Waals surface area contributed by atoms with Crippen LogP contribution < -0.4 is 16.4 Å². The molecule has 2 amide bonds. The number of piperidine rings is 1. The van der Waals surface area contributed by atoms with Gasteiger partial charge in [0.25, 0.3) is 5.91 Å². The Labute approximate surface area is 227 Å². The third kappa shape index (κ3) is 5.61. The second kappa shape index (κ2) is 10.8. The van der Waals surface area contributed by atoms with Gasteiger partial charge in [0, 0.05) is 48.3 Å². The van der Waals surface area contributed by atoms with E-state index in [2.05, 4.69) is 20.6 Å². The Morgan fingerprint density at radius 1 is 1.10 bits per heavy atom. The number of rotatable bonds is 7. The largest absolute Gasteiger partial charge is 0.383 e. The van der Waals surface area contributed by atoms with Gasteiger partial charge < -0.3 is 26.0 Å². The Morgan fingerprint density at radius 3 is 2.51 bits per heavy atom. The number of aromatic nitrogens is 2. The number of nitrogens with zero attached hydrogens (tertiary/aromatic N) is 3. The van der Waals surface area contributed by atoms with Gasteiger partial charge in [0.15, 0.2) is 0 Å². The molecule has 202 valence electrons. The van der Waals surface area contributed by atoms with E-state index in [0.29, 0.717) is 48.0 Å². The highest BCUT2D eigenvalue weighted by Crippen LogP contribution is 2.31. The molecule has 10 heteroatoms. The molecule has 0 unspecified atom stereocenters. The number of nitrogen functional groups attached to an aromatic ring is 1. The number of amides is 2. The van der Waals surface area contributed by atoms with Crippen LogP contribution in [0.15, 0.2) is 54.9 Å². The van der Waals surface area contributed by atoms with Gasteiger partial charge in [-0.1, -0.05) is 12.1 Å². The number of hydrogen-bond donors (Lipinski definition) is 4. The van der Waals surface area contributed by atoms with E-state index >= 15 is 0 Å². The van der Waals surface area contributed by atoms with Crippen LogP contribution in [-0.4, -0.2) is 64.7 Å². The van der Waals surface area contributed by atoms with Gasteiger partial charge in [0.1, 0.15) is 11.6 Å². The van der Waals surface area contributed by atoms with E-state index in [0.717, 1.165) is 24.9 Å². The molecule has 2 aliphatic heterocycles. The molecule has 2 fully saturated rings. The van der Waals surface area contributed by atoms with Crippen molar-refractivity contribution in [3.05, 3.63) is 77.1 Å². The number of aryl methyl sites for hydroxylation is 1. The number of nitrogens with one attached hydrogen (secondary N) is 3. The van der Waals surface area contributed by atoms with Crippen molar-refractivity contribution in [1.82, 2.24) is 14.9 Å². The molecule has 1 atom stereocenters. The molecule has 1 aromatic carbocycles. The zero-order valence-electron chi connectivity index (χ0n) is 22.2. The lowest BCUT2D eigenvalue weighted by Gasteiger charge is -2.43. The third-order valence-corrected chi connectivity index (χ3v) is 7.25. The van der Waals surface area contributed by atoms with Crippen LogP contribution in [0.2, 0.25) is 0 Å². The van der Waals surface area contributed by atoms with Crippen LogP contribution >= 0.6 is 0 Å². The molecule has 39 heavy (non-hydrogen) atoms. The zero-order chi connectivity index (χ0) is 27.6. The average molecular weight is 528 g/mol. The Bertz CT molecular complexity index is 1400. The molecule has 10 nitrogen and oxygen atoms in total. The van der Waals surface area contributed by atoms with Crippen LogP contribution in [0.1, 0.15) is 46.8 Å². The number of nitrogens with two attached hydrogens (primary N) is 1. The fraction of sp³-hybridized carbons (Fsp3) is 0.345. The van der Waals surface area contributed by atoms with Crippen molar-refractivity contribution in [2.45, 2.75) is 32.7 Å². The van der Waals surface area contributed by atoms with Crippen LogP contribution in [-0.2, 0) is 9.53 Å². The van der Waals surface area contributed by atoms with Crippen molar-refractivity contribution in [2.75, 3.05) is 42.7 Å². The molecular formula is C29H33N7O3. The maximum atomic E-state index is 13.0. The number of carbonyl (C=O) groups excluding carboxylic acids is 2. The van der Waals surface area contributed by atoms with Crippen molar-refractivity contribution in [2.24, 2.45) is 5.41 Å². The van der Waals surface area contributed by atoms with Crippen LogP contribution in [0, 0.1) is 17.7 Å². The van der Waals surface area contributed by atoms with Crippen molar-refractivity contribution in [3.63, 3.8) is 0 Å². The zero-order valence-corrected chi connectivity index (χ0v) is 22.2. The van der Waals surface area contributed by atoms with E-state index < -0.39 is 5.41 Å². The molecular weight excluding hydrogens is 494 g/mol. The number of likely N-dealkylation sites (tertiary alicyclic amines) is 1. The van der Waals surface area contributed by atoms with Gasteiger partial charge in [-0.15, -0.1) is 0 Å². The molecule has 4 heterocycles. The summed E-state index contributed by atoms with van der Waals surface area (Å²) in [6.07, 6.45) is 5.03. The summed E-state index contributed by atoms with van der Waals surface area (Å²) in [5.74, 6) is 0.562. The summed E-state index contributed by atoms with van der Waals surface area (Å²) < 4.78 is 5.29. The molecule has 0 radical (unpaired) electrons. The summed E-state index contributed by atoms with van der Waals surface area (Å²) in [7, 11) is 0. The lowest BCUT2D eigenvalue weighted by Crippen LogP contribution is -2.56. The third-order valence-electron chi connectivity index (χ3n) is 7.25. The van der Waals surface area contributed by atoms with Gasteiger partial charge >= 0.3 is 0 Å². The minimum Gasteiger partial charge on any atom is -0.383 e. The first kappa shape index (κ1) is 26.3. The van der Waals surface area contributed by atoms with E-state index in [1.165, 1.54) is 0 Å². The summed E-state index contributed by atoms with van der Waals surface area (Å²) in [4.78, 5) is 36.0. The molecule has 0 bridgehead atoms. The molecule has 3 aromatic rings.